The van der Waals surface area contributed by atoms with Crippen LogP contribution in [0.25, 0.3) is 11.0 Å². The van der Waals surface area contributed by atoms with Gasteiger partial charge in [-0.1, -0.05) is 6.07 Å². The van der Waals surface area contributed by atoms with Crippen LogP contribution in [0.4, 0.5) is 11.4 Å². The molecule has 2 heterocycles. The highest BCUT2D eigenvalue weighted by Crippen LogP contribution is 2.21. The van der Waals surface area contributed by atoms with Gasteiger partial charge in [-0.2, -0.15) is 8.75 Å². The van der Waals surface area contributed by atoms with Gasteiger partial charge in [0.25, 0.3) is 5.91 Å². The fourth-order valence-electron chi connectivity index (χ4n) is 3.12. The summed E-state index contributed by atoms with van der Waals surface area (Å²) in [6, 6.07) is 12.7. The molecule has 0 atom stereocenters. The van der Waals surface area contributed by atoms with Gasteiger partial charge in [-0.25, -0.2) is 0 Å². The van der Waals surface area contributed by atoms with E-state index in [4.69, 9.17) is 0 Å². The Labute approximate surface area is 160 Å². The normalized spacial score (nSPS) is 13.7. The molecule has 1 aliphatic rings. The van der Waals surface area contributed by atoms with Gasteiger partial charge in [-0.3, -0.25) is 9.59 Å². The fourth-order valence-corrected chi connectivity index (χ4v) is 3.67. The van der Waals surface area contributed by atoms with Gasteiger partial charge < -0.3 is 15.5 Å². The molecule has 3 aromatic rings. The van der Waals surface area contributed by atoms with Crippen LogP contribution in [0.5, 0.6) is 0 Å². The molecular formula is C19H19N5O2S. The minimum atomic E-state index is -0.173. The largest absolute Gasteiger partial charge is 0.376 e. The van der Waals surface area contributed by atoms with Crippen molar-refractivity contribution in [2.75, 3.05) is 30.3 Å². The van der Waals surface area contributed by atoms with E-state index in [-0.39, 0.29) is 18.4 Å². The molecule has 1 fully saturated rings. The summed E-state index contributed by atoms with van der Waals surface area (Å²) in [6.07, 6.45) is 2.15. The lowest BCUT2D eigenvalue weighted by Gasteiger charge is -2.15. The van der Waals surface area contributed by atoms with E-state index < -0.39 is 0 Å². The highest BCUT2D eigenvalue weighted by molar-refractivity contribution is 7.00. The number of fused-ring (bicyclic) bond motifs is 1. The molecule has 1 aromatic heterocycles. The van der Waals surface area contributed by atoms with E-state index in [1.807, 2.05) is 29.2 Å². The van der Waals surface area contributed by atoms with Gasteiger partial charge in [0, 0.05) is 24.3 Å². The Kier molecular flexibility index (Phi) is 4.97. The Morgan fingerprint density at radius 1 is 1.04 bits per heavy atom. The molecule has 1 saturated heterocycles. The third-order valence-electron chi connectivity index (χ3n) is 4.54. The number of likely N-dealkylation sites (tertiary alicyclic amines) is 1. The van der Waals surface area contributed by atoms with E-state index in [1.54, 1.807) is 18.2 Å². The number of carbonyl (C=O) groups is 2. The van der Waals surface area contributed by atoms with Crippen molar-refractivity contribution in [1.29, 1.82) is 0 Å². The van der Waals surface area contributed by atoms with Gasteiger partial charge in [0.15, 0.2) is 0 Å². The first-order valence-corrected chi connectivity index (χ1v) is 9.58. The predicted molar refractivity (Wildman–Crippen MR) is 106 cm³/mol. The molecular weight excluding hydrogens is 362 g/mol. The molecule has 0 radical (unpaired) electrons. The second-order valence-corrected chi connectivity index (χ2v) is 6.94. The zero-order valence-corrected chi connectivity index (χ0v) is 15.5. The average Bonchev–Trinajstić information content (AvgIpc) is 3.38. The molecule has 2 amide bonds. The third kappa shape index (κ3) is 3.90. The molecule has 0 bridgehead atoms. The topological polar surface area (TPSA) is 87.2 Å². The summed E-state index contributed by atoms with van der Waals surface area (Å²) in [5.74, 6) is -0.102. The second kappa shape index (κ2) is 7.71. The van der Waals surface area contributed by atoms with E-state index in [9.17, 15) is 9.59 Å². The minimum Gasteiger partial charge on any atom is -0.376 e. The number of nitrogens with one attached hydrogen (secondary N) is 2. The van der Waals surface area contributed by atoms with Gasteiger partial charge in [-0.05, 0) is 49.2 Å². The van der Waals surface area contributed by atoms with Crippen molar-refractivity contribution in [3.63, 3.8) is 0 Å². The highest BCUT2D eigenvalue weighted by atomic mass is 32.1. The Hall–Kier alpha value is -3.00. The van der Waals surface area contributed by atoms with Crippen LogP contribution in [-0.2, 0) is 4.79 Å². The first-order valence-electron chi connectivity index (χ1n) is 8.85. The van der Waals surface area contributed by atoms with Gasteiger partial charge in [-0.15, -0.1) is 0 Å². The molecule has 8 heteroatoms. The summed E-state index contributed by atoms with van der Waals surface area (Å²) < 4.78 is 8.37. The summed E-state index contributed by atoms with van der Waals surface area (Å²) in [6.45, 7) is 1.79. The number of aromatic nitrogens is 2. The van der Waals surface area contributed by atoms with Gasteiger partial charge >= 0.3 is 0 Å². The number of anilines is 2. The van der Waals surface area contributed by atoms with Gasteiger partial charge in [0.05, 0.1) is 24.0 Å². The zero-order valence-electron chi connectivity index (χ0n) is 14.6. The summed E-state index contributed by atoms with van der Waals surface area (Å²) >= 11 is 1.12. The van der Waals surface area contributed by atoms with Crippen LogP contribution in [0.3, 0.4) is 0 Å². The van der Waals surface area contributed by atoms with Crippen molar-refractivity contribution >= 4 is 46.0 Å². The number of hydrogen-bond acceptors (Lipinski definition) is 6. The summed E-state index contributed by atoms with van der Waals surface area (Å²) in [4.78, 5) is 26.4. The van der Waals surface area contributed by atoms with E-state index in [1.165, 1.54) is 0 Å². The smallest absolute Gasteiger partial charge is 0.253 e. The van der Waals surface area contributed by atoms with Crippen molar-refractivity contribution < 1.29 is 9.59 Å². The fraction of sp³-hybridized carbons (Fsp3) is 0.263. The molecule has 1 aliphatic heterocycles. The second-order valence-electron chi connectivity index (χ2n) is 6.42. The third-order valence-corrected chi connectivity index (χ3v) is 5.08. The summed E-state index contributed by atoms with van der Waals surface area (Å²) in [5.41, 5.74) is 3.58. The van der Waals surface area contributed by atoms with Crippen molar-refractivity contribution in [2.24, 2.45) is 0 Å². The first-order chi connectivity index (χ1) is 13.2. The summed E-state index contributed by atoms with van der Waals surface area (Å²) in [7, 11) is 0. The van der Waals surface area contributed by atoms with Crippen molar-refractivity contribution in [1.82, 2.24) is 13.6 Å². The lowest BCUT2D eigenvalue weighted by atomic mass is 10.2. The first kappa shape index (κ1) is 17.4. The molecule has 2 aromatic carbocycles. The van der Waals surface area contributed by atoms with Crippen LogP contribution in [0, 0.1) is 0 Å². The zero-order chi connectivity index (χ0) is 18.6. The number of carbonyl (C=O) groups excluding carboxylic acids is 2. The van der Waals surface area contributed by atoms with Crippen LogP contribution in [-0.4, -0.2) is 45.1 Å². The quantitative estimate of drug-likeness (QED) is 0.709. The SMILES string of the molecule is O=C(CNc1ccc(C(=O)N2CCCC2)cc1)Nc1cccc2nsnc12. The number of hydrogen-bond donors (Lipinski definition) is 2. The lowest BCUT2D eigenvalue weighted by Crippen LogP contribution is -2.27. The Balaban J connectivity index is 1.33. The van der Waals surface area contributed by atoms with Crippen LogP contribution in [0.1, 0.15) is 23.2 Å². The van der Waals surface area contributed by atoms with Crippen molar-refractivity contribution in [2.45, 2.75) is 12.8 Å². The molecule has 0 spiro atoms. The average molecular weight is 381 g/mol. The van der Waals surface area contributed by atoms with Crippen LogP contribution >= 0.6 is 11.7 Å². The molecule has 0 aliphatic carbocycles. The lowest BCUT2D eigenvalue weighted by molar-refractivity contribution is -0.114. The molecule has 0 unspecified atom stereocenters. The Bertz CT molecular complexity index is 964. The predicted octanol–water partition coefficient (Wildman–Crippen LogP) is 2.98. The molecule has 138 valence electrons. The molecule has 4 rings (SSSR count). The molecule has 27 heavy (non-hydrogen) atoms. The van der Waals surface area contributed by atoms with E-state index in [0.717, 1.165) is 48.9 Å². The highest BCUT2D eigenvalue weighted by Gasteiger charge is 2.19. The number of nitrogens with zero attached hydrogens (tertiary/aromatic N) is 3. The monoisotopic (exact) mass is 381 g/mol. The Morgan fingerprint density at radius 3 is 2.59 bits per heavy atom. The standard InChI is InChI=1S/C19H19N5O2S/c25-17(21-15-4-3-5-16-18(15)23-27-22-16)12-20-14-8-6-13(7-9-14)19(26)24-10-1-2-11-24/h3-9,20H,1-2,10-12H2,(H,21,25). The maximum Gasteiger partial charge on any atom is 0.253 e. The number of benzene rings is 2. The number of amides is 2. The van der Waals surface area contributed by atoms with E-state index in [2.05, 4.69) is 19.4 Å². The van der Waals surface area contributed by atoms with Crippen molar-refractivity contribution in [3.05, 3.63) is 48.0 Å². The Morgan fingerprint density at radius 2 is 1.81 bits per heavy atom. The number of rotatable bonds is 5. The molecule has 2 N–H and O–H groups in total. The van der Waals surface area contributed by atoms with Gasteiger partial charge in [0.1, 0.15) is 11.0 Å². The maximum absolute atomic E-state index is 12.3. The van der Waals surface area contributed by atoms with Crippen LogP contribution in [0.15, 0.2) is 42.5 Å². The molecule has 7 nitrogen and oxygen atoms in total. The van der Waals surface area contributed by atoms with E-state index >= 15 is 0 Å². The summed E-state index contributed by atoms with van der Waals surface area (Å²) in [5, 5.41) is 5.92. The van der Waals surface area contributed by atoms with Gasteiger partial charge in [0.2, 0.25) is 5.91 Å². The molecule has 0 saturated carbocycles. The minimum absolute atomic E-state index is 0.0711. The maximum atomic E-state index is 12.3. The van der Waals surface area contributed by atoms with E-state index in [0.29, 0.717) is 16.8 Å². The van der Waals surface area contributed by atoms with Crippen molar-refractivity contribution in [3.8, 4) is 0 Å². The van der Waals surface area contributed by atoms with Crippen LogP contribution < -0.4 is 10.6 Å². The van der Waals surface area contributed by atoms with Crippen LogP contribution in [0.2, 0.25) is 0 Å².